The highest BCUT2D eigenvalue weighted by molar-refractivity contribution is 5.95. The molecule has 0 aliphatic rings. The van der Waals surface area contributed by atoms with Gasteiger partial charge in [0.25, 0.3) is 0 Å². The van der Waals surface area contributed by atoms with Crippen LogP contribution < -0.4 is 10.1 Å². The third kappa shape index (κ3) is 3.04. The summed E-state index contributed by atoms with van der Waals surface area (Å²) in [5.74, 6) is 1.24. The van der Waals surface area contributed by atoms with E-state index in [1.165, 1.54) is 12.1 Å². The molecule has 0 bridgehead atoms. The predicted octanol–water partition coefficient (Wildman–Crippen LogP) is 5.12. The number of ether oxygens (including phenoxy) is 1. The summed E-state index contributed by atoms with van der Waals surface area (Å²) in [6.07, 6.45) is 1.73. The van der Waals surface area contributed by atoms with Crippen molar-refractivity contribution in [2.24, 2.45) is 0 Å². The van der Waals surface area contributed by atoms with Crippen LogP contribution in [0.15, 0.2) is 66.9 Å². The Morgan fingerprint density at radius 3 is 2.76 bits per heavy atom. The molecule has 2 aromatic carbocycles. The largest absolute Gasteiger partial charge is 0.497 e. The fraction of sp³-hybridized carbons (Fsp3) is 0.0500. The molecule has 5 heteroatoms. The van der Waals surface area contributed by atoms with Crippen molar-refractivity contribution in [2.75, 3.05) is 12.4 Å². The lowest BCUT2D eigenvalue weighted by Gasteiger charge is -2.08. The van der Waals surface area contributed by atoms with E-state index in [0.29, 0.717) is 0 Å². The summed E-state index contributed by atoms with van der Waals surface area (Å²) < 4.78 is 18.7. The fourth-order valence-corrected chi connectivity index (χ4v) is 2.80. The number of hydrogen-bond donors (Lipinski definition) is 2. The molecule has 0 spiro atoms. The summed E-state index contributed by atoms with van der Waals surface area (Å²) in [5.41, 5.74) is 3.45. The lowest BCUT2D eigenvalue weighted by Crippen LogP contribution is -1.94. The Hall–Kier alpha value is -3.34. The third-order valence-corrected chi connectivity index (χ3v) is 4.02. The van der Waals surface area contributed by atoms with Gasteiger partial charge >= 0.3 is 0 Å². The maximum absolute atomic E-state index is 13.5. The van der Waals surface area contributed by atoms with Crippen molar-refractivity contribution < 1.29 is 9.13 Å². The van der Waals surface area contributed by atoms with Crippen molar-refractivity contribution >= 4 is 22.4 Å². The molecule has 0 fully saturated rings. The normalized spacial score (nSPS) is 10.8. The van der Waals surface area contributed by atoms with E-state index in [-0.39, 0.29) is 5.82 Å². The highest BCUT2D eigenvalue weighted by Crippen LogP contribution is 2.30. The predicted molar refractivity (Wildman–Crippen MR) is 97.8 cm³/mol. The monoisotopic (exact) mass is 333 g/mol. The number of aromatic amines is 1. The number of benzene rings is 2. The van der Waals surface area contributed by atoms with Crippen LogP contribution in [0.1, 0.15) is 0 Å². The smallest absolute Gasteiger partial charge is 0.139 e. The molecule has 0 radical (unpaired) electrons. The van der Waals surface area contributed by atoms with Gasteiger partial charge in [0.2, 0.25) is 0 Å². The topological polar surface area (TPSA) is 49.9 Å². The molecule has 0 saturated heterocycles. The van der Waals surface area contributed by atoms with Gasteiger partial charge in [-0.25, -0.2) is 9.37 Å². The lowest BCUT2D eigenvalue weighted by molar-refractivity contribution is 0.415. The molecule has 0 amide bonds. The van der Waals surface area contributed by atoms with Crippen molar-refractivity contribution in [2.45, 2.75) is 0 Å². The Kier molecular flexibility index (Phi) is 3.82. The molecule has 0 atom stereocenters. The van der Waals surface area contributed by atoms with E-state index in [2.05, 4.69) is 15.3 Å². The summed E-state index contributed by atoms with van der Waals surface area (Å²) in [5, 5.41) is 4.25. The summed E-state index contributed by atoms with van der Waals surface area (Å²) >= 11 is 0. The molecule has 2 heterocycles. The van der Waals surface area contributed by atoms with Crippen LogP contribution in [0, 0.1) is 5.82 Å². The van der Waals surface area contributed by atoms with Gasteiger partial charge in [-0.3, -0.25) is 0 Å². The minimum absolute atomic E-state index is 0.260. The minimum atomic E-state index is -0.260. The molecule has 0 saturated carbocycles. The van der Waals surface area contributed by atoms with E-state index in [4.69, 9.17) is 4.74 Å². The van der Waals surface area contributed by atoms with E-state index in [1.807, 2.05) is 42.5 Å². The van der Waals surface area contributed by atoms with E-state index < -0.39 is 0 Å². The van der Waals surface area contributed by atoms with Gasteiger partial charge in [0.1, 0.15) is 17.4 Å². The summed E-state index contributed by atoms with van der Waals surface area (Å²) in [7, 11) is 1.63. The molecule has 2 N–H and O–H groups in total. The fourth-order valence-electron chi connectivity index (χ4n) is 2.80. The number of methoxy groups -OCH3 is 1. The van der Waals surface area contributed by atoms with Crippen LogP contribution in [0.25, 0.3) is 22.2 Å². The minimum Gasteiger partial charge on any atom is -0.497 e. The first-order chi connectivity index (χ1) is 12.2. The van der Waals surface area contributed by atoms with Gasteiger partial charge in [-0.1, -0.05) is 18.2 Å². The average molecular weight is 333 g/mol. The average Bonchev–Trinajstić information content (AvgIpc) is 3.07. The zero-order valence-electron chi connectivity index (χ0n) is 13.6. The quantitative estimate of drug-likeness (QED) is 0.545. The molecule has 2 aromatic heterocycles. The van der Waals surface area contributed by atoms with Gasteiger partial charge in [0.15, 0.2) is 0 Å². The second kappa shape index (κ2) is 6.28. The van der Waals surface area contributed by atoms with Crippen LogP contribution in [0.5, 0.6) is 5.75 Å². The van der Waals surface area contributed by atoms with E-state index in [9.17, 15) is 4.39 Å². The number of pyridine rings is 1. The summed E-state index contributed by atoms with van der Waals surface area (Å²) in [6.45, 7) is 0. The van der Waals surface area contributed by atoms with Crippen LogP contribution in [0.4, 0.5) is 15.9 Å². The van der Waals surface area contributed by atoms with Crippen LogP contribution in [0.3, 0.4) is 0 Å². The highest BCUT2D eigenvalue weighted by Gasteiger charge is 2.09. The molecule has 4 nitrogen and oxygen atoms in total. The van der Waals surface area contributed by atoms with E-state index in [0.717, 1.165) is 39.4 Å². The zero-order chi connectivity index (χ0) is 17.2. The van der Waals surface area contributed by atoms with Gasteiger partial charge in [0, 0.05) is 34.6 Å². The molecule has 4 aromatic rings. The first kappa shape index (κ1) is 15.2. The maximum Gasteiger partial charge on any atom is 0.139 e. The van der Waals surface area contributed by atoms with Gasteiger partial charge < -0.3 is 15.0 Å². The SMILES string of the molecule is COc1cccc(Nc2nccc3[nH]c(-c4cccc(F)c4)cc23)c1. The van der Waals surface area contributed by atoms with Crippen molar-refractivity contribution in [3.8, 4) is 17.0 Å². The van der Waals surface area contributed by atoms with Gasteiger partial charge in [-0.2, -0.15) is 0 Å². The molecular weight excluding hydrogens is 317 g/mol. The number of nitrogens with one attached hydrogen (secondary N) is 2. The standard InChI is InChI=1S/C20H16FN3O/c1-25-16-7-3-6-15(11-16)23-20-17-12-19(24-18(17)8-9-22-20)13-4-2-5-14(21)10-13/h2-12,24H,1H3,(H,22,23). The molecular formula is C20H16FN3O. The highest BCUT2D eigenvalue weighted by atomic mass is 19.1. The van der Waals surface area contributed by atoms with Gasteiger partial charge in [0.05, 0.1) is 12.6 Å². The van der Waals surface area contributed by atoms with Crippen molar-refractivity contribution in [3.63, 3.8) is 0 Å². The van der Waals surface area contributed by atoms with E-state index in [1.54, 1.807) is 19.4 Å². The van der Waals surface area contributed by atoms with E-state index >= 15 is 0 Å². The number of hydrogen-bond acceptors (Lipinski definition) is 3. The van der Waals surface area contributed by atoms with Gasteiger partial charge in [-0.15, -0.1) is 0 Å². The number of anilines is 2. The van der Waals surface area contributed by atoms with Gasteiger partial charge in [-0.05, 0) is 36.4 Å². The summed E-state index contributed by atoms with van der Waals surface area (Å²) in [4.78, 5) is 7.75. The third-order valence-electron chi connectivity index (χ3n) is 4.02. The lowest BCUT2D eigenvalue weighted by atomic mass is 10.1. The second-order valence-electron chi connectivity index (χ2n) is 5.67. The Bertz CT molecular complexity index is 1040. The molecule has 124 valence electrons. The number of H-pyrrole nitrogens is 1. The number of aromatic nitrogens is 2. The van der Waals surface area contributed by atoms with Crippen LogP contribution in [0.2, 0.25) is 0 Å². The Labute approximate surface area is 144 Å². The number of rotatable bonds is 4. The number of fused-ring (bicyclic) bond motifs is 1. The second-order valence-corrected chi connectivity index (χ2v) is 5.67. The van der Waals surface area contributed by atoms with Crippen LogP contribution >= 0.6 is 0 Å². The molecule has 4 rings (SSSR count). The molecule has 0 aliphatic carbocycles. The van der Waals surface area contributed by atoms with Crippen LogP contribution in [-0.4, -0.2) is 17.1 Å². The van der Waals surface area contributed by atoms with Crippen molar-refractivity contribution in [1.29, 1.82) is 0 Å². The first-order valence-corrected chi connectivity index (χ1v) is 7.88. The number of halogens is 1. The molecule has 0 aliphatic heterocycles. The zero-order valence-corrected chi connectivity index (χ0v) is 13.6. The first-order valence-electron chi connectivity index (χ1n) is 7.88. The summed E-state index contributed by atoms with van der Waals surface area (Å²) in [6, 6.07) is 18.0. The Balaban J connectivity index is 1.75. The Morgan fingerprint density at radius 2 is 1.92 bits per heavy atom. The molecule has 25 heavy (non-hydrogen) atoms. The molecule has 0 unspecified atom stereocenters. The van der Waals surface area contributed by atoms with Crippen molar-refractivity contribution in [1.82, 2.24) is 9.97 Å². The van der Waals surface area contributed by atoms with Crippen molar-refractivity contribution in [3.05, 3.63) is 72.7 Å². The maximum atomic E-state index is 13.5. The number of nitrogens with zero attached hydrogens (tertiary/aromatic N) is 1. The van der Waals surface area contributed by atoms with Crippen LogP contribution in [-0.2, 0) is 0 Å². The Morgan fingerprint density at radius 1 is 1.04 bits per heavy atom.